The molecule has 0 saturated carbocycles. The number of thiophene rings is 1. The normalized spacial score (nSPS) is 11.5. The minimum Gasteiger partial charge on any atom is -0.305 e. The van der Waals surface area contributed by atoms with Gasteiger partial charge in [0.05, 0.1) is 114 Å². The summed E-state index contributed by atoms with van der Waals surface area (Å²) in [4.78, 5) is 6.27. The predicted octanol–water partition coefficient (Wildman–Crippen LogP) is 16.7. The van der Waals surface area contributed by atoms with Gasteiger partial charge >= 0.3 is 0 Å². The molecule has 0 fully saturated rings. The summed E-state index contributed by atoms with van der Waals surface area (Å²) in [5.41, 5.74) is 11.8. The van der Waals surface area contributed by atoms with E-state index in [9.17, 15) is 31.6 Å². The van der Waals surface area contributed by atoms with Crippen molar-refractivity contribution in [2.24, 2.45) is 0 Å². The standard InChI is InChI=1S/C71H33N11S/c72-34-40-16-22-59-51(28-40)52-29-41(35-73)17-23-60(52)79(59)67-66(50-12-7-11-49-48-10-3-6-15-65(48)83-69(49)50)68(80-61-24-18-42(36-74)30-53(61)54-31-43(37-75)19-25-62(54)80)71(78-70(67)81-57-13-4-1-8-46(57)47-9-2-5-14-58(47)81)82-63-26-20-44(38-76)32-55(63)56-33-45(39-77)21-27-64(56)82/h1-33H. The summed E-state index contributed by atoms with van der Waals surface area (Å²) in [5, 5.41) is 71.7. The van der Waals surface area contributed by atoms with Crippen LogP contribution in [0.15, 0.2) is 200 Å². The van der Waals surface area contributed by atoms with E-state index >= 15 is 0 Å². The Morgan fingerprint density at radius 1 is 0.289 bits per heavy atom. The van der Waals surface area contributed by atoms with Crippen LogP contribution in [0.3, 0.4) is 0 Å². The van der Waals surface area contributed by atoms with Gasteiger partial charge in [0.15, 0.2) is 11.6 Å². The topological polar surface area (TPSA) is 175 Å². The van der Waals surface area contributed by atoms with Gasteiger partial charge in [0.1, 0.15) is 11.4 Å². The van der Waals surface area contributed by atoms with E-state index in [4.69, 9.17) is 4.98 Å². The molecule has 6 aromatic heterocycles. The SMILES string of the molecule is N#Cc1ccc2c(c1)c1cc(C#N)ccc1n2-c1nc(-n2c3ccccc3c3ccccc32)c(-n2c3ccc(C#N)cc3c3cc(C#N)ccc32)c(-c2cccc3c2sc2ccccc23)c1-n1c2ccc(C#N)cc2c2cc(C#N)ccc21. The molecule has 0 atom stereocenters. The van der Waals surface area contributed by atoms with Crippen LogP contribution in [0.25, 0.3) is 142 Å². The number of nitriles is 6. The van der Waals surface area contributed by atoms with Crippen LogP contribution in [0.5, 0.6) is 0 Å². The number of rotatable bonds is 5. The summed E-state index contributed by atoms with van der Waals surface area (Å²) in [6.07, 6.45) is 0. The molecule has 0 amide bonds. The Balaban J connectivity index is 1.26. The highest BCUT2D eigenvalue weighted by Crippen LogP contribution is 2.52. The van der Waals surface area contributed by atoms with Crippen molar-refractivity contribution in [2.75, 3.05) is 0 Å². The number of hydrogen-bond acceptors (Lipinski definition) is 8. The zero-order valence-corrected chi connectivity index (χ0v) is 44.2. The summed E-state index contributed by atoms with van der Waals surface area (Å²) in [5.74, 6) is 1.03. The van der Waals surface area contributed by atoms with Gasteiger partial charge in [0, 0.05) is 74.4 Å². The third-order valence-electron chi connectivity index (χ3n) is 16.3. The Kier molecular flexibility index (Phi) is 9.92. The molecule has 0 N–H and O–H groups in total. The van der Waals surface area contributed by atoms with Crippen molar-refractivity contribution in [1.29, 1.82) is 31.6 Å². The number of aromatic nitrogens is 5. The molecule has 10 aromatic carbocycles. The summed E-state index contributed by atoms with van der Waals surface area (Å²) >= 11 is 1.70. The van der Waals surface area contributed by atoms with Crippen molar-refractivity contribution in [3.63, 3.8) is 0 Å². The van der Waals surface area contributed by atoms with Crippen molar-refractivity contribution in [3.05, 3.63) is 234 Å². The molecule has 11 nitrogen and oxygen atoms in total. The van der Waals surface area contributed by atoms with Crippen molar-refractivity contribution >= 4 is 119 Å². The highest BCUT2D eigenvalue weighted by atomic mass is 32.1. The van der Waals surface area contributed by atoms with Gasteiger partial charge in [-0.05, 0) is 127 Å². The lowest BCUT2D eigenvalue weighted by Crippen LogP contribution is -2.16. The van der Waals surface area contributed by atoms with Gasteiger partial charge in [-0.25, -0.2) is 4.98 Å². The maximum absolute atomic E-state index is 10.5. The van der Waals surface area contributed by atoms with E-state index < -0.39 is 0 Å². The quantitative estimate of drug-likeness (QED) is 0.165. The van der Waals surface area contributed by atoms with E-state index in [1.54, 1.807) is 23.5 Å². The van der Waals surface area contributed by atoms with E-state index in [2.05, 4.69) is 121 Å². The molecule has 0 radical (unpaired) electrons. The second kappa shape index (κ2) is 17.6. The van der Waals surface area contributed by atoms with Crippen LogP contribution in [0.2, 0.25) is 0 Å². The average Bonchev–Trinajstić information content (AvgIpc) is 2.05. The second-order valence-corrected chi connectivity index (χ2v) is 21.6. The number of para-hydroxylation sites is 2. The van der Waals surface area contributed by atoms with Gasteiger partial charge < -0.3 is 9.13 Å². The fraction of sp³-hybridized carbons (Fsp3) is 0. The Labute approximate surface area is 475 Å². The second-order valence-electron chi connectivity index (χ2n) is 20.6. The molecule has 0 saturated heterocycles. The maximum atomic E-state index is 10.5. The van der Waals surface area contributed by atoms with Gasteiger partial charge in [0.2, 0.25) is 0 Å². The fourth-order valence-electron chi connectivity index (χ4n) is 12.8. The molecule has 16 aromatic rings. The van der Waals surface area contributed by atoms with E-state index in [0.717, 1.165) is 119 Å². The molecule has 378 valence electrons. The van der Waals surface area contributed by atoms with E-state index in [1.165, 1.54) is 0 Å². The zero-order chi connectivity index (χ0) is 55.8. The van der Waals surface area contributed by atoms with Gasteiger partial charge in [-0.3, -0.25) is 9.13 Å². The Morgan fingerprint density at radius 2 is 0.602 bits per heavy atom. The lowest BCUT2D eigenvalue weighted by Gasteiger charge is -2.27. The van der Waals surface area contributed by atoms with Crippen molar-refractivity contribution < 1.29 is 0 Å². The predicted molar refractivity (Wildman–Crippen MR) is 328 cm³/mol. The zero-order valence-electron chi connectivity index (χ0n) is 43.4. The van der Waals surface area contributed by atoms with E-state index in [0.29, 0.717) is 56.4 Å². The largest absolute Gasteiger partial charge is 0.305 e. The number of pyridine rings is 1. The van der Waals surface area contributed by atoms with Gasteiger partial charge in [-0.1, -0.05) is 72.8 Å². The first-order valence-corrected chi connectivity index (χ1v) is 27.4. The average molecular weight is 1070 g/mol. The number of hydrogen-bond donors (Lipinski definition) is 0. The van der Waals surface area contributed by atoms with Crippen LogP contribution in [0.1, 0.15) is 33.4 Å². The van der Waals surface area contributed by atoms with Crippen LogP contribution in [0.4, 0.5) is 0 Å². The lowest BCUT2D eigenvalue weighted by molar-refractivity contribution is 0.961. The Bertz CT molecular complexity index is 5650. The van der Waals surface area contributed by atoms with E-state index in [1.807, 2.05) is 121 Å². The molecular weight excluding hydrogens is 1040 g/mol. The Hall–Kier alpha value is -12.3. The summed E-state index contributed by atoms with van der Waals surface area (Å²) in [7, 11) is 0. The van der Waals surface area contributed by atoms with Gasteiger partial charge in [0.25, 0.3) is 0 Å². The monoisotopic (exact) mass is 1070 g/mol. The molecule has 0 aliphatic rings. The summed E-state index contributed by atoms with van der Waals surface area (Å²) < 4.78 is 10.9. The molecule has 0 aliphatic heterocycles. The molecule has 12 heteroatoms. The van der Waals surface area contributed by atoms with Crippen LogP contribution in [-0.2, 0) is 0 Å². The highest BCUT2D eigenvalue weighted by molar-refractivity contribution is 7.26. The number of nitrogens with zero attached hydrogens (tertiary/aromatic N) is 11. The first kappa shape index (κ1) is 46.8. The third kappa shape index (κ3) is 6.56. The molecule has 0 bridgehead atoms. The first-order chi connectivity index (χ1) is 40.9. The van der Waals surface area contributed by atoms with Gasteiger partial charge in [-0.15, -0.1) is 11.3 Å². The number of benzene rings is 10. The van der Waals surface area contributed by atoms with E-state index in [-0.39, 0.29) is 0 Å². The molecule has 16 rings (SSSR count). The fourth-order valence-corrected chi connectivity index (χ4v) is 14.0. The van der Waals surface area contributed by atoms with Crippen molar-refractivity contribution in [3.8, 4) is 70.6 Å². The molecular formula is C71H33N11S. The smallest absolute Gasteiger partial charge is 0.165 e. The van der Waals surface area contributed by atoms with Crippen LogP contribution >= 0.6 is 11.3 Å². The molecule has 83 heavy (non-hydrogen) atoms. The van der Waals surface area contributed by atoms with Crippen molar-refractivity contribution in [2.45, 2.75) is 0 Å². The van der Waals surface area contributed by atoms with Crippen LogP contribution in [-0.4, -0.2) is 23.3 Å². The van der Waals surface area contributed by atoms with Gasteiger partial charge in [-0.2, -0.15) is 31.6 Å². The third-order valence-corrected chi connectivity index (χ3v) is 17.5. The Morgan fingerprint density at radius 3 is 0.976 bits per heavy atom. The van der Waals surface area contributed by atoms with Crippen molar-refractivity contribution in [1.82, 2.24) is 23.3 Å². The minimum atomic E-state index is 0.442. The summed E-state index contributed by atoms with van der Waals surface area (Å²) in [6, 6.07) is 79.7. The maximum Gasteiger partial charge on any atom is 0.165 e. The molecule has 0 unspecified atom stereocenters. The van der Waals surface area contributed by atoms with Crippen LogP contribution < -0.4 is 0 Å². The highest BCUT2D eigenvalue weighted by Gasteiger charge is 2.34. The molecule has 0 spiro atoms. The molecule has 0 aliphatic carbocycles. The van der Waals surface area contributed by atoms with Crippen LogP contribution in [0, 0.1) is 68.0 Å². The minimum absolute atomic E-state index is 0.442. The molecule has 6 heterocycles. The lowest BCUT2D eigenvalue weighted by atomic mass is 9.98. The summed E-state index contributed by atoms with van der Waals surface area (Å²) in [6.45, 7) is 0. The first-order valence-electron chi connectivity index (χ1n) is 26.5. The number of fused-ring (bicyclic) bond motifs is 15.